The van der Waals surface area contributed by atoms with Gasteiger partial charge in [0.05, 0.1) is 24.7 Å². The van der Waals surface area contributed by atoms with E-state index in [1.807, 2.05) is 0 Å². The molecule has 0 aliphatic heterocycles. The zero-order chi connectivity index (χ0) is 19.8. The summed E-state index contributed by atoms with van der Waals surface area (Å²) in [4.78, 5) is 12.4. The van der Waals surface area contributed by atoms with E-state index in [1.54, 1.807) is 24.3 Å². The average molecular weight is 450 g/mol. The van der Waals surface area contributed by atoms with E-state index in [9.17, 15) is 23.1 Å². The SMILES string of the molecule is O=[n+]1[nH]c(S(O)(O)c2ccccc2Cl)ccc1S(O)(O)c1ccccc1Cl. The van der Waals surface area contributed by atoms with Crippen molar-refractivity contribution < 1.29 is 22.8 Å². The topological polar surface area (TPSA) is 120 Å². The monoisotopic (exact) mass is 449 g/mol. The second-order valence-corrected chi connectivity index (χ2v) is 10.1. The van der Waals surface area contributed by atoms with Gasteiger partial charge in [0.25, 0.3) is 0 Å². The molecule has 3 rings (SSSR count). The van der Waals surface area contributed by atoms with Crippen LogP contribution in [0.25, 0.3) is 0 Å². The van der Waals surface area contributed by atoms with Crippen LogP contribution in [0.2, 0.25) is 10.0 Å². The van der Waals surface area contributed by atoms with Crippen molar-refractivity contribution in [2.24, 2.45) is 0 Å². The lowest BCUT2D eigenvalue weighted by molar-refractivity contribution is -0.610. The predicted molar refractivity (Wildman–Crippen MR) is 106 cm³/mol. The van der Waals surface area contributed by atoms with Crippen LogP contribution in [0.5, 0.6) is 0 Å². The minimum absolute atomic E-state index is 0.0184. The first-order valence-electron chi connectivity index (χ1n) is 7.37. The molecule has 0 aliphatic rings. The van der Waals surface area contributed by atoms with Gasteiger partial charge in [-0.3, -0.25) is 18.2 Å². The fourth-order valence-corrected chi connectivity index (χ4v) is 5.96. The molecule has 0 saturated carbocycles. The number of benzene rings is 2. The summed E-state index contributed by atoms with van der Waals surface area (Å²) in [7, 11) is -7.34. The first-order chi connectivity index (χ1) is 12.7. The summed E-state index contributed by atoms with van der Waals surface area (Å²) in [6.07, 6.45) is 0. The van der Waals surface area contributed by atoms with Crippen molar-refractivity contribution in [2.45, 2.75) is 19.8 Å². The fourth-order valence-electron chi connectivity index (χ4n) is 2.36. The first-order valence-corrected chi connectivity index (χ1v) is 11.2. The molecule has 0 unspecified atom stereocenters. The molecule has 5 N–H and O–H groups in total. The number of halogens is 2. The molecule has 7 nitrogen and oxygen atoms in total. The van der Waals surface area contributed by atoms with Crippen LogP contribution in [0.4, 0.5) is 0 Å². The molecule has 1 heterocycles. The van der Waals surface area contributed by atoms with Gasteiger partial charge < -0.3 is 0 Å². The van der Waals surface area contributed by atoms with Gasteiger partial charge in [0.1, 0.15) is 0 Å². The second kappa shape index (κ2) is 7.46. The maximum Gasteiger partial charge on any atom is 0.384 e. The van der Waals surface area contributed by atoms with Gasteiger partial charge in [-0.2, -0.15) is 0 Å². The molecule has 0 radical (unpaired) electrons. The maximum absolute atomic E-state index is 12.4. The summed E-state index contributed by atoms with van der Waals surface area (Å²) in [6, 6.07) is 14.4. The number of rotatable bonds is 4. The van der Waals surface area contributed by atoms with E-state index in [2.05, 4.69) is 5.10 Å². The number of nitrogens with one attached hydrogen (secondary N) is 1. The average Bonchev–Trinajstić information content (AvgIpc) is 2.61. The number of aromatic amines is 1. The Morgan fingerprint density at radius 1 is 0.741 bits per heavy atom. The Balaban J connectivity index is 2.08. The molecule has 11 heteroatoms. The summed E-state index contributed by atoms with van der Waals surface area (Å²) in [5, 5.41) is 1.78. The van der Waals surface area contributed by atoms with Gasteiger partial charge in [-0.15, -0.1) is 10.6 Å². The molecular weight excluding hydrogens is 435 g/mol. The number of hydrogen-bond acceptors (Lipinski definition) is 5. The highest BCUT2D eigenvalue weighted by Crippen LogP contribution is 2.59. The van der Waals surface area contributed by atoms with Gasteiger partial charge in [-0.1, -0.05) is 63.2 Å². The van der Waals surface area contributed by atoms with Gasteiger partial charge in [-0.25, -0.2) is 0 Å². The lowest BCUT2D eigenvalue weighted by Crippen LogP contribution is -2.28. The molecule has 0 fully saturated rings. The van der Waals surface area contributed by atoms with Crippen LogP contribution in [-0.2, 0) is 0 Å². The number of nitrogens with zero attached hydrogens (tertiary/aromatic N) is 1. The minimum atomic E-state index is -3.73. The van der Waals surface area contributed by atoms with Gasteiger partial charge >= 0.3 is 5.03 Å². The lowest BCUT2D eigenvalue weighted by atomic mass is 10.4. The first kappa shape index (κ1) is 20.2. The standard InChI is InChI=1S/C16H14Cl2N2O5S2/c17-11-5-1-3-7-13(11)26(22,23)15-9-10-16(20(21)19-15)27(24,25)14-8-4-2-6-12(14)18/h1-10H,(H4-,19,21,22,23,24,25)/p+1. The third-order valence-electron chi connectivity index (χ3n) is 3.67. The highest BCUT2D eigenvalue weighted by atomic mass is 35.5. The molecule has 27 heavy (non-hydrogen) atoms. The smallest absolute Gasteiger partial charge is 0.289 e. The molecule has 0 saturated heterocycles. The van der Waals surface area contributed by atoms with Crippen LogP contribution in [-0.4, -0.2) is 23.3 Å². The zero-order valence-electron chi connectivity index (χ0n) is 13.5. The Kier molecular flexibility index (Phi) is 5.57. The Morgan fingerprint density at radius 3 is 1.70 bits per heavy atom. The van der Waals surface area contributed by atoms with E-state index in [0.29, 0.717) is 0 Å². The number of hydrogen-bond donors (Lipinski definition) is 5. The lowest BCUT2D eigenvalue weighted by Gasteiger charge is -2.31. The molecule has 0 aliphatic carbocycles. The Morgan fingerprint density at radius 2 is 1.22 bits per heavy atom. The maximum atomic E-state index is 12.4. The Bertz CT molecular complexity index is 1060. The molecule has 0 spiro atoms. The fraction of sp³-hybridized carbons (Fsp3) is 0. The molecular formula is C16H15Cl2N2O5S2+. The van der Waals surface area contributed by atoms with Crippen LogP contribution in [0.1, 0.15) is 0 Å². The van der Waals surface area contributed by atoms with Crippen LogP contribution < -0.4 is 4.54 Å². The molecule has 0 amide bonds. The molecule has 1 aromatic heterocycles. The molecule has 0 atom stereocenters. The van der Waals surface area contributed by atoms with E-state index in [4.69, 9.17) is 23.2 Å². The second-order valence-electron chi connectivity index (χ2n) is 5.40. The van der Waals surface area contributed by atoms with Crippen LogP contribution in [0, 0.1) is 4.91 Å². The Labute approximate surface area is 167 Å². The van der Waals surface area contributed by atoms with Crippen molar-refractivity contribution in [1.82, 2.24) is 5.10 Å². The highest BCUT2D eigenvalue weighted by molar-refractivity contribution is 8.24. The van der Waals surface area contributed by atoms with Gasteiger partial charge in [0, 0.05) is 6.07 Å². The highest BCUT2D eigenvalue weighted by Gasteiger charge is 2.34. The van der Waals surface area contributed by atoms with E-state index in [1.165, 1.54) is 30.3 Å². The summed E-state index contributed by atoms with van der Waals surface area (Å²) in [5.74, 6) is 0. The third kappa shape index (κ3) is 3.73. The minimum Gasteiger partial charge on any atom is -0.289 e. The molecule has 0 bridgehead atoms. The van der Waals surface area contributed by atoms with Gasteiger partial charge in [-0.05, 0) is 30.3 Å². The van der Waals surface area contributed by atoms with Crippen molar-refractivity contribution in [3.05, 3.63) is 75.6 Å². The predicted octanol–water partition coefficient (Wildman–Crippen LogP) is 5.57. The summed E-state index contributed by atoms with van der Waals surface area (Å²) < 4.78 is 42.3. The van der Waals surface area contributed by atoms with Crippen LogP contribution in [0.15, 0.2) is 80.5 Å². The van der Waals surface area contributed by atoms with E-state index < -0.39 is 26.2 Å². The van der Waals surface area contributed by atoms with E-state index in [-0.39, 0.29) is 29.4 Å². The van der Waals surface area contributed by atoms with E-state index in [0.717, 1.165) is 6.07 Å². The van der Waals surface area contributed by atoms with Crippen LogP contribution >= 0.6 is 44.4 Å². The van der Waals surface area contributed by atoms with Crippen molar-refractivity contribution in [1.29, 1.82) is 0 Å². The summed E-state index contributed by atoms with van der Waals surface area (Å²) in [6.45, 7) is 0. The quantitative estimate of drug-likeness (QED) is 0.333. The van der Waals surface area contributed by atoms with E-state index >= 15 is 0 Å². The largest absolute Gasteiger partial charge is 0.384 e. The van der Waals surface area contributed by atoms with Gasteiger partial charge in [0.15, 0.2) is 9.57 Å². The normalized spacial score (nSPS) is 13.4. The molecule has 3 aromatic rings. The number of H-pyrrole nitrogens is 1. The molecule has 2 aromatic carbocycles. The number of aromatic nitrogens is 2. The summed E-state index contributed by atoms with van der Waals surface area (Å²) >= 11 is 12.0. The van der Waals surface area contributed by atoms with Crippen LogP contribution in [0.3, 0.4) is 0 Å². The molecule has 144 valence electrons. The van der Waals surface area contributed by atoms with Gasteiger partial charge in [0.2, 0.25) is 0 Å². The van der Waals surface area contributed by atoms with Crippen molar-refractivity contribution in [3.63, 3.8) is 0 Å². The third-order valence-corrected chi connectivity index (χ3v) is 8.22. The van der Waals surface area contributed by atoms with Crippen molar-refractivity contribution in [2.75, 3.05) is 0 Å². The summed E-state index contributed by atoms with van der Waals surface area (Å²) in [5.41, 5.74) is 0. The zero-order valence-corrected chi connectivity index (χ0v) is 16.6. The van der Waals surface area contributed by atoms with Crippen molar-refractivity contribution >= 4 is 44.4 Å². The Hall–Kier alpha value is -1.56. The van der Waals surface area contributed by atoms with Crippen molar-refractivity contribution in [3.8, 4) is 0 Å².